The molecule has 2 aromatic carbocycles. The number of amides is 2. The van der Waals surface area contributed by atoms with E-state index in [-0.39, 0.29) is 52.5 Å². The van der Waals surface area contributed by atoms with Crippen LogP contribution in [0.5, 0.6) is 0 Å². The second-order valence-corrected chi connectivity index (χ2v) is 9.98. The number of aryl methyl sites for hydroxylation is 2. The van der Waals surface area contributed by atoms with Gasteiger partial charge in [-0.3, -0.25) is 14.4 Å². The molecule has 7 rings (SSSR count). The van der Waals surface area contributed by atoms with Gasteiger partial charge < -0.3 is 4.74 Å². The van der Waals surface area contributed by atoms with Crippen LogP contribution in [0.3, 0.4) is 0 Å². The second kappa shape index (κ2) is 7.49. The van der Waals surface area contributed by atoms with E-state index in [4.69, 9.17) is 4.74 Å². The van der Waals surface area contributed by atoms with Gasteiger partial charge in [-0.2, -0.15) is 0 Å². The molecule has 2 amide bonds. The van der Waals surface area contributed by atoms with E-state index in [2.05, 4.69) is 12.2 Å². The SMILES string of the molecule is Cc1ccc(C(=O)COC(=O)c2ccccc2N2C(=O)[C@@H]3[C@@H]4C=C[C@H]([C@H]5C[C@H]45)[C@@H]3C2=O)cc1C. The summed E-state index contributed by atoms with van der Waals surface area (Å²) in [6, 6.07) is 11.8. The van der Waals surface area contributed by atoms with Crippen molar-refractivity contribution < 1.29 is 23.9 Å². The number of esters is 1. The first-order valence-corrected chi connectivity index (χ1v) is 11.8. The third-order valence-corrected chi connectivity index (χ3v) is 8.19. The van der Waals surface area contributed by atoms with E-state index < -0.39 is 12.6 Å². The first-order valence-electron chi connectivity index (χ1n) is 11.8. The van der Waals surface area contributed by atoms with E-state index in [1.807, 2.05) is 19.9 Å². The van der Waals surface area contributed by atoms with Gasteiger partial charge in [-0.25, -0.2) is 9.69 Å². The van der Waals surface area contributed by atoms with Crippen molar-refractivity contribution in [1.82, 2.24) is 0 Å². The van der Waals surface area contributed by atoms with Crippen LogP contribution >= 0.6 is 0 Å². The maximum absolute atomic E-state index is 13.5. The maximum Gasteiger partial charge on any atom is 0.340 e. The molecule has 34 heavy (non-hydrogen) atoms. The van der Waals surface area contributed by atoms with Crippen LogP contribution in [0.4, 0.5) is 5.69 Å². The number of hydrogen-bond donors (Lipinski definition) is 0. The normalized spacial score (nSPS) is 30.2. The molecule has 6 atom stereocenters. The van der Waals surface area contributed by atoms with Crippen LogP contribution < -0.4 is 4.90 Å². The Morgan fingerprint density at radius 3 is 2.21 bits per heavy atom. The van der Waals surface area contributed by atoms with Gasteiger partial charge >= 0.3 is 5.97 Å². The molecule has 0 aromatic heterocycles. The van der Waals surface area contributed by atoms with Gasteiger partial charge in [0.05, 0.1) is 23.1 Å². The molecule has 1 heterocycles. The molecule has 2 saturated carbocycles. The molecule has 4 aliphatic carbocycles. The van der Waals surface area contributed by atoms with Crippen LogP contribution in [0.1, 0.15) is 38.3 Å². The molecular weight excluding hydrogens is 430 g/mol. The van der Waals surface area contributed by atoms with Gasteiger partial charge in [0.1, 0.15) is 0 Å². The summed E-state index contributed by atoms with van der Waals surface area (Å²) >= 11 is 0. The molecule has 0 spiro atoms. The van der Waals surface area contributed by atoms with E-state index in [1.165, 1.54) is 11.0 Å². The van der Waals surface area contributed by atoms with Crippen molar-refractivity contribution in [1.29, 1.82) is 0 Å². The van der Waals surface area contributed by atoms with Crippen LogP contribution in [-0.4, -0.2) is 30.2 Å². The summed E-state index contributed by atoms with van der Waals surface area (Å²) in [5, 5.41) is 0. The lowest BCUT2D eigenvalue weighted by Crippen LogP contribution is -2.40. The highest BCUT2D eigenvalue weighted by atomic mass is 16.5. The smallest absolute Gasteiger partial charge is 0.340 e. The predicted octanol–water partition coefficient (Wildman–Crippen LogP) is 3.90. The number of benzene rings is 2. The van der Waals surface area contributed by atoms with Crippen LogP contribution in [0, 0.1) is 49.4 Å². The van der Waals surface area contributed by atoms with Crippen molar-refractivity contribution in [3.63, 3.8) is 0 Å². The number of anilines is 1. The zero-order valence-electron chi connectivity index (χ0n) is 19.1. The fourth-order valence-electron chi connectivity index (χ4n) is 6.24. The topological polar surface area (TPSA) is 80.8 Å². The zero-order valence-corrected chi connectivity index (χ0v) is 19.1. The van der Waals surface area contributed by atoms with Crippen molar-refractivity contribution >= 4 is 29.3 Å². The first kappa shape index (κ1) is 21.0. The quantitative estimate of drug-likeness (QED) is 0.296. The first-order chi connectivity index (χ1) is 16.4. The number of ether oxygens (including phenoxy) is 1. The number of carbonyl (C=O) groups excluding carboxylic acids is 4. The molecule has 0 radical (unpaired) electrons. The Morgan fingerprint density at radius 1 is 0.912 bits per heavy atom. The molecule has 1 saturated heterocycles. The van der Waals surface area contributed by atoms with E-state index in [1.54, 1.807) is 30.3 Å². The highest BCUT2D eigenvalue weighted by Gasteiger charge is 2.67. The Labute approximate surface area is 197 Å². The van der Waals surface area contributed by atoms with Gasteiger partial charge in [0.15, 0.2) is 12.4 Å². The number of allylic oxidation sites excluding steroid dienone is 2. The standard InChI is InChI=1S/C28H25NO5/c1-14-7-8-16(11-15(14)2)23(30)13-34-28(33)19-5-3-4-6-22(19)29-26(31)24-17-9-10-18(21-12-20(17)21)25(24)27(29)32/h3-11,17-18,20-21,24-25H,12-13H2,1-2H3/t17-,18-,20-,21-,24-,25+/m1/s1. The fourth-order valence-corrected chi connectivity index (χ4v) is 6.24. The van der Waals surface area contributed by atoms with E-state index in [0.29, 0.717) is 17.4 Å². The Morgan fingerprint density at radius 2 is 1.56 bits per heavy atom. The average Bonchev–Trinajstić information content (AvgIpc) is 3.62. The summed E-state index contributed by atoms with van der Waals surface area (Å²) in [5.41, 5.74) is 2.88. The molecule has 3 fully saturated rings. The van der Waals surface area contributed by atoms with Crippen LogP contribution in [-0.2, 0) is 14.3 Å². The maximum atomic E-state index is 13.5. The van der Waals surface area contributed by atoms with Crippen LogP contribution in [0.25, 0.3) is 0 Å². The fraction of sp³-hybridized carbons (Fsp3) is 0.357. The summed E-state index contributed by atoms with van der Waals surface area (Å²) in [4.78, 5) is 53.6. The van der Waals surface area contributed by atoms with Crippen molar-refractivity contribution in [2.24, 2.45) is 35.5 Å². The lowest BCUT2D eigenvalue weighted by atomic mass is 9.63. The second-order valence-electron chi connectivity index (χ2n) is 9.98. The molecule has 2 bridgehead atoms. The van der Waals surface area contributed by atoms with Gasteiger partial charge in [-0.15, -0.1) is 0 Å². The van der Waals surface area contributed by atoms with Gasteiger partial charge in [0.2, 0.25) is 11.8 Å². The van der Waals surface area contributed by atoms with Crippen LogP contribution in [0.15, 0.2) is 54.6 Å². The number of carbonyl (C=O) groups is 4. The minimum absolute atomic E-state index is 0.108. The minimum Gasteiger partial charge on any atom is -0.454 e. The summed E-state index contributed by atoms with van der Waals surface area (Å²) in [6.07, 6.45) is 5.33. The van der Waals surface area contributed by atoms with Crippen molar-refractivity contribution in [2.45, 2.75) is 20.3 Å². The molecule has 6 heteroatoms. The van der Waals surface area contributed by atoms with E-state index in [0.717, 1.165) is 17.5 Å². The summed E-state index contributed by atoms with van der Waals surface area (Å²) < 4.78 is 5.33. The monoisotopic (exact) mass is 455 g/mol. The number of rotatable bonds is 5. The number of para-hydroxylation sites is 1. The molecule has 172 valence electrons. The predicted molar refractivity (Wildman–Crippen MR) is 124 cm³/mol. The third-order valence-electron chi connectivity index (χ3n) is 8.19. The lowest BCUT2D eigenvalue weighted by Gasteiger charge is -2.37. The molecule has 0 N–H and O–H groups in total. The molecule has 1 aliphatic heterocycles. The van der Waals surface area contributed by atoms with Crippen LogP contribution in [0.2, 0.25) is 0 Å². The largest absolute Gasteiger partial charge is 0.454 e. The zero-order chi connectivity index (χ0) is 23.7. The highest BCUT2D eigenvalue weighted by molar-refractivity contribution is 6.24. The van der Waals surface area contributed by atoms with Crippen molar-refractivity contribution in [2.75, 3.05) is 11.5 Å². The van der Waals surface area contributed by atoms with Gasteiger partial charge in [0.25, 0.3) is 0 Å². The molecule has 0 unspecified atom stereocenters. The number of ketones is 1. The van der Waals surface area contributed by atoms with Crippen molar-refractivity contribution in [3.05, 3.63) is 76.9 Å². The third kappa shape index (κ3) is 3.01. The average molecular weight is 456 g/mol. The lowest BCUT2D eigenvalue weighted by molar-refractivity contribution is -0.124. The summed E-state index contributed by atoms with van der Waals surface area (Å²) in [5.74, 6) is -0.968. The molecule has 6 nitrogen and oxygen atoms in total. The van der Waals surface area contributed by atoms with E-state index in [9.17, 15) is 19.2 Å². The Kier molecular flexibility index (Phi) is 4.63. The summed E-state index contributed by atoms with van der Waals surface area (Å²) in [7, 11) is 0. The minimum atomic E-state index is -0.729. The number of nitrogens with zero attached hydrogens (tertiary/aromatic N) is 1. The molecule has 5 aliphatic rings. The Bertz CT molecular complexity index is 1260. The Hall–Kier alpha value is -3.54. The van der Waals surface area contributed by atoms with Gasteiger partial charge in [-0.05, 0) is 73.3 Å². The van der Waals surface area contributed by atoms with Gasteiger partial charge in [0, 0.05) is 5.56 Å². The highest BCUT2D eigenvalue weighted by Crippen LogP contribution is 2.65. The van der Waals surface area contributed by atoms with Crippen molar-refractivity contribution in [3.8, 4) is 0 Å². The molecular formula is C28H25NO5. The Balaban J connectivity index is 1.23. The number of Topliss-reactive ketones (excluding diaryl/α,β-unsaturated/α-hetero) is 1. The van der Waals surface area contributed by atoms with Gasteiger partial charge in [-0.1, -0.05) is 36.4 Å². The number of imide groups is 1. The number of hydrogen-bond acceptors (Lipinski definition) is 5. The summed E-state index contributed by atoms with van der Waals surface area (Å²) in [6.45, 7) is 3.46. The molecule has 2 aromatic rings. The van der Waals surface area contributed by atoms with E-state index >= 15 is 0 Å².